The van der Waals surface area contributed by atoms with Gasteiger partial charge in [-0.15, -0.1) is 0 Å². The molecule has 0 saturated heterocycles. The lowest BCUT2D eigenvalue weighted by atomic mass is 9.46. The van der Waals surface area contributed by atoms with E-state index in [-0.39, 0.29) is 11.5 Å². The van der Waals surface area contributed by atoms with Gasteiger partial charge in [-0.2, -0.15) is 10.2 Å². The molecule has 4 aliphatic carbocycles. The van der Waals surface area contributed by atoms with Crippen molar-refractivity contribution in [3.63, 3.8) is 0 Å². The third kappa shape index (κ3) is 3.49. The van der Waals surface area contributed by atoms with E-state index in [4.69, 9.17) is 0 Å². The Bertz CT molecular complexity index is 837. The number of aliphatic hydroxyl groups excluding tert-OH is 1. The zero-order chi connectivity index (χ0) is 21.9. The zero-order valence-corrected chi connectivity index (χ0v) is 19.6. The van der Waals surface area contributed by atoms with Gasteiger partial charge in [-0.25, -0.2) is 0 Å². The number of aliphatic hydroxyl groups is 2. The number of rotatable bonds is 4. The van der Waals surface area contributed by atoms with Crippen LogP contribution >= 0.6 is 0 Å². The fourth-order valence-electron chi connectivity index (χ4n) is 8.70. The molecular formula is C27H40N2O2. The lowest BCUT2D eigenvalue weighted by Gasteiger charge is -2.59. The Kier molecular flexibility index (Phi) is 5.33. The summed E-state index contributed by atoms with van der Waals surface area (Å²) in [5, 5.41) is 29.8. The van der Waals surface area contributed by atoms with Gasteiger partial charge in [0.15, 0.2) is 0 Å². The van der Waals surface area contributed by atoms with E-state index in [2.05, 4.69) is 37.0 Å². The summed E-state index contributed by atoms with van der Waals surface area (Å²) in [5.41, 5.74) is 2.59. The van der Waals surface area contributed by atoms with Gasteiger partial charge in [0.2, 0.25) is 0 Å². The standard InChI is InChI=1S/C27H40N2O2/c1-25-12-9-20(30)16-19(25)4-5-21-22-6-7-24(26(22,2)13-10-23(21)25)27(3,31)14-8-18-11-15-28-29-17-18/h4,11,15,17,20-24,30-31H,5-10,12-14,16H2,1-3H3/t20-,21-,22-,23-,24-,25-,26-,27+/m0/s1. The number of hydrogen-bond donors (Lipinski definition) is 2. The van der Waals surface area contributed by atoms with Crippen LogP contribution in [0.1, 0.15) is 84.1 Å². The first-order chi connectivity index (χ1) is 14.7. The smallest absolute Gasteiger partial charge is 0.0656 e. The van der Waals surface area contributed by atoms with Gasteiger partial charge in [0.05, 0.1) is 17.9 Å². The summed E-state index contributed by atoms with van der Waals surface area (Å²) < 4.78 is 0. The number of aromatic nitrogens is 2. The predicted molar refractivity (Wildman–Crippen MR) is 122 cm³/mol. The highest BCUT2D eigenvalue weighted by atomic mass is 16.3. The van der Waals surface area contributed by atoms with Crippen molar-refractivity contribution in [1.82, 2.24) is 10.2 Å². The van der Waals surface area contributed by atoms with Crippen LogP contribution in [0.3, 0.4) is 0 Å². The van der Waals surface area contributed by atoms with E-state index in [1.165, 1.54) is 25.7 Å². The molecule has 31 heavy (non-hydrogen) atoms. The SMILES string of the molecule is C[C@]12CC[C@H]3[C@@H](CC=C4C[C@@H](O)CC[C@@]43C)[C@@H]1CC[C@@H]2[C@](C)(O)CCc1ccnnc1. The molecule has 0 aliphatic heterocycles. The topological polar surface area (TPSA) is 66.2 Å². The highest BCUT2D eigenvalue weighted by molar-refractivity contribution is 5.25. The van der Waals surface area contributed by atoms with Gasteiger partial charge >= 0.3 is 0 Å². The quantitative estimate of drug-likeness (QED) is 0.660. The van der Waals surface area contributed by atoms with Crippen LogP contribution in [-0.2, 0) is 6.42 Å². The first-order valence-electron chi connectivity index (χ1n) is 12.6. The predicted octanol–water partition coefficient (Wildman–Crippen LogP) is 5.10. The second-order valence-electron chi connectivity index (χ2n) is 11.9. The lowest BCUT2D eigenvalue weighted by Crippen LogP contribution is -2.53. The molecule has 0 spiro atoms. The molecule has 0 bridgehead atoms. The van der Waals surface area contributed by atoms with Crippen molar-refractivity contribution in [2.75, 3.05) is 0 Å². The molecule has 0 amide bonds. The van der Waals surface area contributed by atoms with Gasteiger partial charge in [-0.1, -0.05) is 25.5 Å². The number of allylic oxidation sites excluding steroid dienone is 1. The molecule has 0 aromatic carbocycles. The van der Waals surface area contributed by atoms with Crippen LogP contribution in [0.25, 0.3) is 0 Å². The zero-order valence-electron chi connectivity index (χ0n) is 19.6. The van der Waals surface area contributed by atoms with Crippen molar-refractivity contribution in [2.45, 2.75) is 96.7 Å². The molecule has 0 unspecified atom stereocenters. The first-order valence-corrected chi connectivity index (χ1v) is 12.6. The highest BCUT2D eigenvalue weighted by Gasteiger charge is 2.61. The summed E-state index contributed by atoms with van der Waals surface area (Å²) in [4.78, 5) is 0. The monoisotopic (exact) mass is 424 g/mol. The second-order valence-corrected chi connectivity index (χ2v) is 11.9. The van der Waals surface area contributed by atoms with E-state index in [0.717, 1.165) is 55.9 Å². The molecule has 3 saturated carbocycles. The van der Waals surface area contributed by atoms with Crippen molar-refractivity contribution in [3.8, 4) is 0 Å². The number of fused-ring (bicyclic) bond motifs is 5. The van der Waals surface area contributed by atoms with E-state index < -0.39 is 5.60 Å². The van der Waals surface area contributed by atoms with Crippen molar-refractivity contribution >= 4 is 0 Å². The molecule has 8 atom stereocenters. The summed E-state index contributed by atoms with van der Waals surface area (Å²) in [6.07, 6.45) is 16.7. The Hall–Kier alpha value is -1.26. The molecule has 5 rings (SSSR count). The number of nitrogens with zero attached hydrogens (tertiary/aromatic N) is 2. The number of aryl methyl sites for hydroxylation is 1. The van der Waals surface area contributed by atoms with Gasteiger partial charge in [0.25, 0.3) is 0 Å². The van der Waals surface area contributed by atoms with Gasteiger partial charge in [-0.3, -0.25) is 0 Å². The average molecular weight is 425 g/mol. The first kappa shape index (κ1) is 21.6. The van der Waals surface area contributed by atoms with Crippen LogP contribution in [0.15, 0.2) is 30.1 Å². The van der Waals surface area contributed by atoms with Gasteiger partial charge in [-0.05, 0) is 117 Å². The second kappa shape index (κ2) is 7.66. The Morgan fingerprint density at radius 1 is 1.10 bits per heavy atom. The molecule has 4 aliphatic rings. The van der Waals surface area contributed by atoms with Crippen LogP contribution < -0.4 is 0 Å². The van der Waals surface area contributed by atoms with E-state index >= 15 is 0 Å². The maximum atomic E-state index is 11.7. The minimum absolute atomic E-state index is 0.133. The molecule has 3 fully saturated rings. The van der Waals surface area contributed by atoms with Crippen LogP contribution in [0.4, 0.5) is 0 Å². The summed E-state index contributed by atoms with van der Waals surface area (Å²) in [5.74, 6) is 2.58. The van der Waals surface area contributed by atoms with E-state index in [0.29, 0.717) is 17.3 Å². The van der Waals surface area contributed by atoms with E-state index in [1.54, 1.807) is 11.8 Å². The van der Waals surface area contributed by atoms with Crippen LogP contribution in [0.2, 0.25) is 0 Å². The lowest BCUT2D eigenvalue weighted by molar-refractivity contribution is -0.104. The fourth-order valence-corrected chi connectivity index (χ4v) is 8.70. The third-order valence-electron chi connectivity index (χ3n) is 10.4. The third-order valence-corrected chi connectivity index (χ3v) is 10.4. The molecule has 1 aromatic heterocycles. The Balaban J connectivity index is 1.35. The Morgan fingerprint density at radius 2 is 1.94 bits per heavy atom. The Labute approximate surface area is 187 Å². The molecular weight excluding hydrogens is 384 g/mol. The molecule has 0 radical (unpaired) electrons. The van der Waals surface area contributed by atoms with Crippen molar-refractivity contribution < 1.29 is 10.2 Å². The molecule has 4 nitrogen and oxygen atoms in total. The number of hydrogen-bond acceptors (Lipinski definition) is 4. The molecule has 1 aromatic rings. The fraction of sp³-hybridized carbons (Fsp3) is 0.778. The maximum absolute atomic E-state index is 11.7. The minimum Gasteiger partial charge on any atom is -0.393 e. The van der Waals surface area contributed by atoms with Gasteiger partial charge in [0.1, 0.15) is 0 Å². The van der Waals surface area contributed by atoms with Crippen molar-refractivity contribution in [1.29, 1.82) is 0 Å². The largest absolute Gasteiger partial charge is 0.393 e. The highest BCUT2D eigenvalue weighted by Crippen LogP contribution is 2.67. The molecule has 2 N–H and O–H groups in total. The molecule has 4 heteroatoms. The van der Waals surface area contributed by atoms with E-state index in [1.807, 2.05) is 12.3 Å². The summed E-state index contributed by atoms with van der Waals surface area (Å²) >= 11 is 0. The van der Waals surface area contributed by atoms with Crippen LogP contribution in [0.5, 0.6) is 0 Å². The normalized spacial score (nSPS) is 43.9. The summed E-state index contributed by atoms with van der Waals surface area (Å²) in [6.45, 7) is 7.09. The van der Waals surface area contributed by atoms with E-state index in [9.17, 15) is 10.2 Å². The van der Waals surface area contributed by atoms with Crippen molar-refractivity contribution in [2.24, 2.45) is 34.5 Å². The maximum Gasteiger partial charge on any atom is 0.0656 e. The van der Waals surface area contributed by atoms with Crippen LogP contribution in [-0.4, -0.2) is 32.1 Å². The molecule has 1 heterocycles. The van der Waals surface area contributed by atoms with Crippen molar-refractivity contribution in [3.05, 3.63) is 35.7 Å². The van der Waals surface area contributed by atoms with Gasteiger partial charge < -0.3 is 10.2 Å². The summed E-state index contributed by atoms with van der Waals surface area (Å²) in [7, 11) is 0. The van der Waals surface area contributed by atoms with Gasteiger partial charge in [0, 0.05) is 6.20 Å². The van der Waals surface area contributed by atoms with Crippen LogP contribution in [0, 0.1) is 34.5 Å². The summed E-state index contributed by atoms with van der Waals surface area (Å²) in [6, 6.07) is 2.02. The molecule has 170 valence electrons. The minimum atomic E-state index is -0.645. The Morgan fingerprint density at radius 3 is 2.71 bits per heavy atom. The average Bonchev–Trinajstić information content (AvgIpc) is 3.12.